The van der Waals surface area contributed by atoms with Crippen molar-refractivity contribution in [2.75, 3.05) is 0 Å². The van der Waals surface area contributed by atoms with Gasteiger partial charge in [0.15, 0.2) is 0 Å². The van der Waals surface area contributed by atoms with Gasteiger partial charge in [-0.15, -0.1) is 0 Å². The molecule has 0 nitrogen and oxygen atoms in total. The second-order valence-electron chi connectivity index (χ2n) is 0. The van der Waals surface area contributed by atoms with E-state index in [1.165, 1.54) is 0 Å². The summed E-state index contributed by atoms with van der Waals surface area (Å²) in [7, 11) is 0. The molecule has 0 saturated heterocycles. The van der Waals surface area contributed by atoms with E-state index in [0.717, 1.165) is 0 Å². The first-order chi connectivity index (χ1) is 0. The van der Waals surface area contributed by atoms with Crippen molar-refractivity contribution < 1.29 is 51.2 Å². The zero-order valence-corrected chi connectivity index (χ0v) is 6.80. The third kappa shape index (κ3) is 22.3. The molecule has 5 heteroatoms. The molecule has 0 bridgehead atoms. The molecule has 0 aliphatic rings. The van der Waals surface area contributed by atoms with E-state index in [9.17, 15) is 0 Å². The van der Waals surface area contributed by atoms with Crippen molar-refractivity contribution in [1.29, 1.82) is 0 Å². The Hall–Kier alpha value is 2.26. The van der Waals surface area contributed by atoms with Crippen LogP contribution in [-0.2, 0) is 78.2 Å². The fourth-order valence-electron chi connectivity index (χ4n) is 0. The molecule has 5 heavy (non-hydrogen) atoms. The van der Waals surface area contributed by atoms with Crippen LogP contribution in [0, 0.1) is 0 Å². The molecule has 0 rings (SSSR count). The van der Waals surface area contributed by atoms with Crippen LogP contribution in [-0.4, -0.2) is 0 Å². The molecule has 0 unspecified atom stereocenters. The number of rotatable bonds is 0. The molecule has 0 heterocycles. The van der Waals surface area contributed by atoms with Crippen molar-refractivity contribution in [3.05, 3.63) is 0 Å². The van der Waals surface area contributed by atoms with E-state index in [0.29, 0.717) is 0 Å². The largest absolute Gasteiger partial charge is 1.00 e. The second kappa shape index (κ2) is 33.9. The number of hydrogen-bond acceptors (Lipinski definition) is 1. The fourth-order valence-corrected chi connectivity index (χ4v) is 0. The van der Waals surface area contributed by atoms with Crippen LogP contribution in [0.5, 0.6) is 0 Å². The molecule has 0 spiro atoms. The van der Waals surface area contributed by atoms with Crippen molar-refractivity contribution in [3.8, 4) is 0 Å². The molecule has 0 saturated carbocycles. The zero-order chi connectivity index (χ0) is 0. The van der Waals surface area contributed by atoms with E-state index >= 15 is 0 Å². The van der Waals surface area contributed by atoms with E-state index in [2.05, 4.69) is 0 Å². The van der Waals surface area contributed by atoms with E-state index in [1.807, 2.05) is 0 Å². The Labute approximate surface area is 77.5 Å². The summed E-state index contributed by atoms with van der Waals surface area (Å²) in [4.78, 5) is 0. The minimum Gasteiger partial charge on any atom is -0.813 e. The quantitative estimate of drug-likeness (QED) is 0.231. The molecule has 0 aromatic heterocycles. The summed E-state index contributed by atoms with van der Waals surface area (Å²) in [6, 6.07) is 0. The van der Waals surface area contributed by atoms with Gasteiger partial charge in [-0.05, 0) is 0 Å². The van der Waals surface area contributed by atoms with Gasteiger partial charge in [-0.1, -0.05) is 13.5 Å². The van der Waals surface area contributed by atoms with Gasteiger partial charge in [0, 0.05) is 34.1 Å². The van der Waals surface area contributed by atoms with Crippen LogP contribution in [0.4, 0.5) is 0 Å². The van der Waals surface area contributed by atoms with Crippen LogP contribution in [0.25, 0.3) is 0 Å². The summed E-state index contributed by atoms with van der Waals surface area (Å²) in [5.74, 6) is 0. The zero-order valence-electron chi connectivity index (χ0n) is 1.93. The molecular weight excluding hydrogens is 255 g/mol. The van der Waals surface area contributed by atoms with Crippen LogP contribution < -0.4 is 0 Å². The van der Waals surface area contributed by atoms with Crippen molar-refractivity contribution in [3.63, 3.8) is 0 Å². The Morgan fingerprint density at radius 3 is 0.800 bits per heavy atom. The van der Waals surface area contributed by atoms with Gasteiger partial charge in [0.2, 0.25) is 0 Å². The summed E-state index contributed by atoms with van der Waals surface area (Å²) in [5, 5.41) is 0. The van der Waals surface area contributed by atoms with E-state index in [4.69, 9.17) is 0 Å². The molecule has 0 fully saturated rings. The Morgan fingerprint density at radius 2 is 0.800 bits per heavy atom. The molecule has 2 radical (unpaired) electrons. The average Bonchev–Trinajstić information content (AvgIpc) is 0. The van der Waals surface area contributed by atoms with E-state index in [-0.39, 0.29) is 78.2 Å². The minimum atomic E-state index is 0. The van der Waals surface area contributed by atoms with Gasteiger partial charge in [-0.3, -0.25) is 0 Å². The van der Waals surface area contributed by atoms with Crippen LogP contribution in [0.1, 0.15) is 0 Å². The van der Waals surface area contributed by atoms with Gasteiger partial charge >= 0.3 is 17.1 Å². The van der Waals surface area contributed by atoms with Crippen LogP contribution in [0.15, 0.2) is 0 Å². The molecule has 0 aromatic rings. The molecule has 0 atom stereocenters. The maximum absolute atomic E-state index is 0. The third-order valence-electron chi connectivity index (χ3n) is 0. The van der Waals surface area contributed by atoms with Crippen LogP contribution in [0.2, 0.25) is 0 Å². The Balaban J connectivity index is 0. The number of thiol groups is 1. The topological polar surface area (TPSA) is 0 Å². The molecule has 0 aliphatic carbocycles. The summed E-state index contributed by atoms with van der Waals surface area (Å²) >= 11 is 0. The smallest absolute Gasteiger partial charge is 0.813 e. The summed E-state index contributed by atoms with van der Waals surface area (Å²) in [5.41, 5.74) is 0. The monoisotopic (exact) mass is 257 g/mol. The average molecular weight is 259 g/mol. The van der Waals surface area contributed by atoms with Gasteiger partial charge in [0.05, 0.1) is 0 Å². The Morgan fingerprint density at radius 1 is 0.800 bits per heavy atom. The first kappa shape index (κ1) is 55.7. The van der Waals surface area contributed by atoms with E-state index < -0.39 is 0 Å². The van der Waals surface area contributed by atoms with Crippen LogP contribution in [0.3, 0.4) is 0 Å². The van der Waals surface area contributed by atoms with Crippen molar-refractivity contribution in [2.45, 2.75) is 0 Å². The van der Waals surface area contributed by atoms with E-state index in [1.54, 1.807) is 0 Å². The van der Waals surface area contributed by atoms with Crippen molar-refractivity contribution in [1.82, 2.24) is 0 Å². The number of hydrogen-bond donors (Lipinski definition) is 0. The first-order valence-corrected chi connectivity index (χ1v) is 0. The summed E-state index contributed by atoms with van der Waals surface area (Å²) in [6.45, 7) is 0. The Kier molecular flexibility index (Phi) is 378. The molecule has 48 valence electrons. The van der Waals surface area contributed by atoms with Gasteiger partial charge in [0.25, 0.3) is 0 Å². The molecule has 0 N–H and O–H groups in total. The first-order valence-electron chi connectivity index (χ1n) is 0. The standard InChI is InChI=1S/3Cu.2H2S/h;;;2*1H2/q;;+1;;. The Bertz CT molecular complexity index is 4.85. The molecule has 0 aliphatic heterocycles. The SMILES string of the molecule is [Cu+].[Cu].[Cu].[SH-].[SH3+]. The normalized spacial score (nSPS) is 0. The molecular formula is H4Cu3S2+. The fraction of sp³-hybridized carbons (Fsp3) is 0. The molecule has 0 amide bonds. The maximum Gasteiger partial charge on any atom is 1.00 e. The van der Waals surface area contributed by atoms with Crippen molar-refractivity contribution in [2.24, 2.45) is 0 Å². The summed E-state index contributed by atoms with van der Waals surface area (Å²) < 4.78 is 0. The predicted octanol–water partition coefficient (Wildman–Crippen LogP) is -1.08. The second-order valence-corrected chi connectivity index (χ2v) is 0. The minimum absolute atomic E-state index is 0. The summed E-state index contributed by atoms with van der Waals surface area (Å²) in [6.07, 6.45) is 0. The van der Waals surface area contributed by atoms with Gasteiger partial charge in [-0.25, -0.2) is 0 Å². The molecule has 0 aromatic carbocycles. The van der Waals surface area contributed by atoms with Gasteiger partial charge < -0.3 is 13.5 Å². The maximum atomic E-state index is 0. The van der Waals surface area contributed by atoms with Crippen LogP contribution >= 0.6 is 0 Å². The third-order valence-corrected chi connectivity index (χ3v) is 0. The van der Waals surface area contributed by atoms with Gasteiger partial charge in [-0.2, -0.15) is 0 Å². The van der Waals surface area contributed by atoms with Gasteiger partial charge in [0.1, 0.15) is 0 Å². The van der Waals surface area contributed by atoms with Crippen molar-refractivity contribution >= 4 is 27.0 Å². The predicted molar refractivity (Wildman–Crippen MR) is 20.3 cm³/mol.